The van der Waals surface area contributed by atoms with Gasteiger partial charge in [0.15, 0.2) is 6.61 Å². The number of nitrogens with zero attached hydrogens (tertiary/aromatic N) is 1. The Balaban J connectivity index is 1.94. The molecular formula is C16H21ClN2O3. The van der Waals surface area contributed by atoms with Crippen LogP contribution >= 0.6 is 11.6 Å². The number of likely N-dealkylation sites (tertiary alicyclic amines) is 1. The average molecular weight is 325 g/mol. The summed E-state index contributed by atoms with van der Waals surface area (Å²) in [6, 6.07) is 3.62. The number of nitrogens with two attached hydrogens (primary N) is 1. The van der Waals surface area contributed by atoms with Gasteiger partial charge >= 0.3 is 0 Å². The van der Waals surface area contributed by atoms with Crippen molar-refractivity contribution >= 4 is 23.4 Å². The zero-order valence-electron chi connectivity index (χ0n) is 12.9. The van der Waals surface area contributed by atoms with Crippen molar-refractivity contribution < 1.29 is 14.3 Å². The molecule has 0 aromatic heterocycles. The SMILES string of the molecule is Cc1cc(OCC(=O)N2CCCC(C(N)=O)C2)cc(C)c1Cl. The van der Waals surface area contributed by atoms with Gasteiger partial charge in [0.1, 0.15) is 5.75 Å². The van der Waals surface area contributed by atoms with Gasteiger partial charge in [-0.05, 0) is 49.9 Å². The van der Waals surface area contributed by atoms with Crippen molar-refractivity contribution in [2.45, 2.75) is 26.7 Å². The first-order valence-electron chi connectivity index (χ1n) is 7.35. The molecule has 1 atom stereocenters. The average Bonchev–Trinajstić information content (AvgIpc) is 2.50. The number of rotatable bonds is 4. The van der Waals surface area contributed by atoms with Gasteiger partial charge < -0.3 is 15.4 Å². The van der Waals surface area contributed by atoms with Crippen LogP contribution in [0.5, 0.6) is 5.75 Å². The Morgan fingerprint density at radius 1 is 1.36 bits per heavy atom. The third kappa shape index (κ3) is 3.91. The first kappa shape index (κ1) is 16.6. The zero-order chi connectivity index (χ0) is 16.3. The molecular weight excluding hydrogens is 304 g/mol. The lowest BCUT2D eigenvalue weighted by atomic mass is 9.97. The molecule has 0 radical (unpaired) electrons. The van der Waals surface area contributed by atoms with Crippen LogP contribution in [0.2, 0.25) is 5.02 Å². The van der Waals surface area contributed by atoms with Crippen molar-refractivity contribution in [2.75, 3.05) is 19.7 Å². The Labute approximate surface area is 135 Å². The summed E-state index contributed by atoms with van der Waals surface area (Å²) in [4.78, 5) is 25.1. The number of hydrogen-bond acceptors (Lipinski definition) is 3. The summed E-state index contributed by atoms with van der Waals surface area (Å²) >= 11 is 6.11. The molecule has 22 heavy (non-hydrogen) atoms. The van der Waals surface area contributed by atoms with Crippen molar-refractivity contribution in [3.8, 4) is 5.75 Å². The fraction of sp³-hybridized carbons (Fsp3) is 0.500. The molecule has 0 bridgehead atoms. The van der Waals surface area contributed by atoms with Crippen LogP contribution in [0.15, 0.2) is 12.1 Å². The number of carbonyl (C=O) groups excluding carboxylic acids is 2. The quantitative estimate of drug-likeness (QED) is 0.921. The van der Waals surface area contributed by atoms with Crippen LogP contribution in [-0.4, -0.2) is 36.4 Å². The van der Waals surface area contributed by atoms with Crippen molar-refractivity contribution in [3.05, 3.63) is 28.3 Å². The molecule has 2 amide bonds. The summed E-state index contributed by atoms with van der Waals surface area (Å²) in [6.07, 6.45) is 1.54. The van der Waals surface area contributed by atoms with E-state index < -0.39 is 0 Å². The number of hydrogen-bond donors (Lipinski definition) is 1. The first-order chi connectivity index (χ1) is 10.4. The zero-order valence-corrected chi connectivity index (χ0v) is 13.7. The standard InChI is InChI=1S/C16H21ClN2O3/c1-10-6-13(7-11(2)15(10)17)22-9-14(20)19-5-3-4-12(8-19)16(18)21/h6-7,12H,3-5,8-9H2,1-2H3,(H2,18,21). The predicted octanol–water partition coefficient (Wildman–Crippen LogP) is 2.06. The second-order valence-corrected chi connectivity index (χ2v) is 6.12. The molecule has 0 aliphatic carbocycles. The number of aryl methyl sites for hydroxylation is 2. The van der Waals surface area contributed by atoms with Crippen LogP contribution in [0.3, 0.4) is 0 Å². The van der Waals surface area contributed by atoms with Gasteiger partial charge in [0.25, 0.3) is 5.91 Å². The van der Waals surface area contributed by atoms with Crippen LogP contribution in [0.25, 0.3) is 0 Å². The molecule has 0 spiro atoms. The van der Waals surface area contributed by atoms with Gasteiger partial charge in [-0.1, -0.05) is 11.6 Å². The number of benzene rings is 1. The molecule has 6 heteroatoms. The Kier molecular flexibility index (Phi) is 5.29. The van der Waals surface area contributed by atoms with E-state index in [1.165, 1.54) is 0 Å². The normalized spacial score (nSPS) is 18.1. The van der Waals surface area contributed by atoms with E-state index in [0.717, 1.165) is 24.0 Å². The van der Waals surface area contributed by atoms with Gasteiger partial charge in [0.2, 0.25) is 5.91 Å². The van der Waals surface area contributed by atoms with Gasteiger partial charge in [0, 0.05) is 18.1 Å². The molecule has 5 nitrogen and oxygen atoms in total. The first-order valence-corrected chi connectivity index (χ1v) is 7.73. The fourth-order valence-electron chi connectivity index (χ4n) is 2.66. The second kappa shape index (κ2) is 7.01. The van der Waals surface area contributed by atoms with E-state index in [1.54, 1.807) is 4.90 Å². The topological polar surface area (TPSA) is 72.6 Å². The van der Waals surface area contributed by atoms with E-state index in [9.17, 15) is 9.59 Å². The lowest BCUT2D eigenvalue weighted by Gasteiger charge is -2.31. The number of primary amides is 1. The monoisotopic (exact) mass is 324 g/mol. The molecule has 1 saturated heterocycles. The summed E-state index contributed by atoms with van der Waals surface area (Å²) < 4.78 is 5.57. The Morgan fingerprint density at radius 3 is 2.59 bits per heavy atom. The van der Waals surface area contributed by atoms with Crippen molar-refractivity contribution in [1.82, 2.24) is 4.90 Å². The summed E-state index contributed by atoms with van der Waals surface area (Å²) in [7, 11) is 0. The van der Waals surface area contributed by atoms with Crippen molar-refractivity contribution in [3.63, 3.8) is 0 Å². The molecule has 1 aliphatic rings. The second-order valence-electron chi connectivity index (χ2n) is 5.74. The molecule has 1 aromatic rings. The highest BCUT2D eigenvalue weighted by Crippen LogP contribution is 2.26. The van der Waals surface area contributed by atoms with Gasteiger partial charge in [-0.25, -0.2) is 0 Å². The molecule has 1 fully saturated rings. The largest absolute Gasteiger partial charge is 0.484 e. The van der Waals surface area contributed by atoms with Crippen molar-refractivity contribution in [2.24, 2.45) is 11.7 Å². The molecule has 0 saturated carbocycles. The van der Waals surface area contributed by atoms with Crippen molar-refractivity contribution in [1.29, 1.82) is 0 Å². The minimum atomic E-state index is -0.345. The summed E-state index contributed by atoms with van der Waals surface area (Å²) in [5.74, 6) is -0.104. The highest BCUT2D eigenvalue weighted by Gasteiger charge is 2.27. The minimum Gasteiger partial charge on any atom is -0.484 e. The van der Waals surface area contributed by atoms with Crippen LogP contribution < -0.4 is 10.5 Å². The number of amides is 2. The fourth-order valence-corrected chi connectivity index (χ4v) is 2.77. The Morgan fingerprint density at radius 2 is 2.00 bits per heavy atom. The number of halogens is 1. The maximum Gasteiger partial charge on any atom is 0.260 e. The van der Waals surface area contributed by atoms with E-state index in [4.69, 9.17) is 22.1 Å². The maximum atomic E-state index is 12.2. The number of piperidine rings is 1. The van der Waals surface area contributed by atoms with E-state index in [2.05, 4.69) is 0 Å². The van der Waals surface area contributed by atoms with Crippen LogP contribution in [-0.2, 0) is 9.59 Å². The highest BCUT2D eigenvalue weighted by atomic mass is 35.5. The Bertz CT molecular complexity index is 566. The van der Waals surface area contributed by atoms with E-state index in [-0.39, 0.29) is 24.3 Å². The Hall–Kier alpha value is -1.75. The number of ether oxygens (including phenoxy) is 1. The lowest BCUT2D eigenvalue weighted by molar-refractivity contribution is -0.136. The van der Waals surface area contributed by atoms with E-state index >= 15 is 0 Å². The third-order valence-corrected chi connectivity index (χ3v) is 4.54. The van der Waals surface area contributed by atoms with Gasteiger partial charge in [-0.2, -0.15) is 0 Å². The molecule has 1 heterocycles. The number of carbonyl (C=O) groups is 2. The molecule has 2 rings (SSSR count). The highest BCUT2D eigenvalue weighted by molar-refractivity contribution is 6.32. The summed E-state index contributed by atoms with van der Waals surface area (Å²) in [6.45, 7) is 4.77. The minimum absolute atomic E-state index is 0.0496. The predicted molar refractivity (Wildman–Crippen MR) is 84.9 cm³/mol. The molecule has 2 N–H and O–H groups in total. The smallest absolute Gasteiger partial charge is 0.260 e. The summed E-state index contributed by atoms with van der Waals surface area (Å²) in [5, 5.41) is 0.707. The van der Waals surface area contributed by atoms with Gasteiger partial charge in [-0.3, -0.25) is 9.59 Å². The van der Waals surface area contributed by atoms with Crippen LogP contribution in [0, 0.1) is 19.8 Å². The molecule has 120 valence electrons. The molecule has 1 aliphatic heterocycles. The van der Waals surface area contributed by atoms with Gasteiger partial charge in [0.05, 0.1) is 5.92 Å². The summed E-state index contributed by atoms with van der Waals surface area (Å²) in [5.41, 5.74) is 7.15. The van der Waals surface area contributed by atoms with E-state index in [1.807, 2.05) is 26.0 Å². The molecule has 1 aromatic carbocycles. The lowest BCUT2D eigenvalue weighted by Crippen LogP contribution is -2.45. The third-order valence-electron chi connectivity index (χ3n) is 3.95. The maximum absolute atomic E-state index is 12.2. The van der Waals surface area contributed by atoms with Crippen LogP contribution in [0.1, 0.15) is 24.0 Å². The van der Waals surface area contributed by atoms with Gasteiger partial charge in [-0.15, -0.1) is 0 Å². The van der Waals surface area contributed by atoms with E-state index in [0.29, 0.717) is 23.9 Å². The molecule has 1 unspecified atom stereocenters. The van der Waals surface area contributed by atoms with Crippen LogP contribution in [0.4, 0.5) is 0 Å².